The summed E-state index contributed by atoms with van der Waals surface area (Å²) in [5.41, 5.74) is 8.30. The number of aromatic carboxylic acids is 2. The smallest absolute Gasteiger partial charge is 0.416 e. The van der Waals surface area contributed by atoms with Gasteiger partial charge in [-0.15, -0.1) is 5.10 Å². The van der Waals surface area contributed by atoms with Crippen LogP contribution in [0.3, 0.4) is 0 Å². The van der Waals surface area contributed by atoms with Crippen molar-refractivity contribution in [3.05, 3.63) is 166 Å². The van der Waals surface area contributed by atoms with Gasteiger partial charge in [0.15, 0.2) is 21.1 Å². The number of carboxylic acids is 2. The molecule has 0 atom stereocenters. The number of anilines is 1. The summed E-state index contributed by atoms with van der Waals surface area (Å²) >= 11 is 0. The van der Waals surface area contributed by atoms with Crippen molar-refractivity contribution in [2.24, 2.45) is 0 Å². The van der Waals surface area contributed by atoms with E-state index in [2.05, 4.69) is 32.7 Å². The second kappa shape index (κ2) is 24.7. The molecule has 19 nitrogen and oxygen atoms in total. The first-order valence-corrected chi connectivity index (χ1v) is 30.5. The number of aryl methyl sites for hydroxylation is 2. The highest BCUT2D eigenvalue weighted by atomic mass is 32.2. The standard InChI is InChI=1S/C62H58F3N7O12S2/c63-62(64,65)44-16-12-37(13-17-44)40-14-18-46-42(31-40)32-43(60(74)75)34-50(46)39-10-8-36(9-11-39)38-24-29-71(30-25-38)27-6-3-7-45-35-72(70-69-45)28-5-2-1-4-26-68-59(73)41-15-19-47(51(33-41)61(76)77)54-48-20-22-52(66)57(85(78,79)80)55(48)84-56-49(54)21-23-53(67)58(56)86(81,82)83/h8-23,31-35,38,66H,1-7,24-30,67H2,(H,68,73)(H,74,75)(H,76,77)(H,78,79,80)(H,81,82,83). The topological polar surface area (TPSA) is 314 Å². The molecule has 0 saturated carbocycles. The molecule has 0 unspecified atom stereocenters. The van der Waals surface area contributed by atoms with Gasteiger partial charge in [-0.3, -0.25) is 19.4 Å². The van der Waals surface area contributed by atoms with Gasteiger partial charge >= 0.3 is 18.1 Å². The molecule has 0 spiro atoms. The number of nitrogens with two attached hydrogens (primary N) is 2. The van der Waals surface area contributed by atoms with E-state index in [1.807, 2.05) is 41.2 Å². The number of amides is 1. The Morgan fingerprint density at radius 3 is 2.08 bits per heavy atom. The number of rotatable bonds is 21. The van der Waals surface area contributed by atoms with E-state index in [9.17, 15) is 63.7 Å². The third kappa shape index (κ3) is 13.2. The first-order chi connectivity index (χ1) is 40.9. The van der Waals surface area contributed by atoms with Crippen LogP contribution in [0.4, 0.5) is 18.9 Å². The summed E-state index contributed by atoms with van der Waals surface area (Å²) < 4.78 is 120. The Morgan fingerprint density at radius 2 is 1.40 bits per heavy atom. The summed E-state index contributed by atoms with van der Waals surface area (Å²) in [5.74, 6) is -3.48. The molecule has 3 heterocycles. The number of hydrogen-bond acceptors (Lipinski definition) is 13. The largest absolute Gasteiger partial charge is 0.744 e. The molecular weight excluding hydrogens is 1160 g/mol. The second-order valence-electron chi connectivity index (χ2n) is 21.4. The number of aromatic nitrogens is 3. The van der Waals surface area contributed by atoms with Crippen molar-refractivity contribution in [3.63, 3.8) is 0 Å². The minimum Gasteiger partial charge on any atom is -0.744 e. The molecule has 24 heteroatoms. The van der Waals surface area contributed by atoms with E-state index in [1.165, 1.54) is 42.0 Å². The number of alkyl halides is 3. The van der Waals surface area contributed by atoms with Crippen LogP contribution in [-0.4, -0.2) is 100 Å². The number of fused-ring (bicyclic) bond motifs is 3. The first kappa shape index (κ1) is 60.3. The van der Waals surface area contributed by atoms with Crippen LogP contribution in [0.15, 0.2) is 142 Å². The SMILES string of the molecule is Nc1ccc2c(-c3ccc(C(=O)NCCCCCCn4cc(CCCCN5CCC(c6ccc(-c7cc(C(=O)O)cc8cc(-c9ccc(C(F)(F)F)cc9)ccc78)cc6)CC5)nn4)cc3C(=O)O)c3ccc(=[NH2+])c(S(=O)(=O)[O-])c-3oc2c1S(=O)(=O)O. The molecule has 86 heavy (non-hydrogen) atoms. The molecule has 8 N–H and O–H groups in total. The Bertz CT molecular complexity index is 4350. The first-order valence-electron chi connectivity index (χ1n) is 27.6. The highest BCUT2D eigenvalue weighted by Gasteiger charge is 2.33. The van der Waals surface area contributed by atoms with Gasteiger partial charge in [0.2, 0.25) is 5.36 Å². The fourth-order valence-electron chi connectivity index (χ4n) is 11.3. The number of likely N-dealkylation sites (tertiary alicyclic amines) is 1. The summed E-state index contributed by atoms with van der Waals surface area (Å²) in [6.45, 7) is 3.87. The molecule has 1 aromatic heterocycles. The number of carboxylic acid groups (broad SMARTS) is 2. The third-order valence-corrected chi connectivity index (χ3v) is 17.5. The molecule has 1 saturated heterocycles. The molecule has 2 aliphatic heterocycles. The van der Waals surface area contributed by atoms with E-state index in [1.54, 1.807) is 12.1 Å². The van der Waals surface area contributed by atoms with E-state index in [0.29, 0.717) is 35.4 Å². The van der Waals surface area contributed by atoms with E-state index in [4.69, 9.17) is 15.6 Å². The van der Waals surface area contributed by atoms with Crippen molar-refractivity contribution in [1.29, 1.82) is 0 Å². The lowest BCUT2D eigenvalue weighted by Crippen LogP contribution is -2.47. The maximum atomic E-state index is 13.3. The Hall–Kier alpha value is -8.81. The predicted molar refractivity (Wildman–Crippen MR) is 311 cm³/mol. The number of unbranched alkanes of at least 4 members (excludes halogenated alkanes) is 4. The molecule has 7 aromatic rings. The molecular formula is C62H58F3N7O12S2. The molecule has 0 bridgehead atoms. The molecule has 10 rings (SSSR count). The highest BCUT2D eigenvalue weighted by Crippen LogP contribution is 2.46. The zero-order valence-electron chi connectivity index (χ0n) is 46.0. The average Bonchev–Trinajstić information content (AvgIpc) is 0.806. The van der Waals surface area contributed by atoms with Crippen LogP contribution in [0.25, 0.3) is 66.4 Å². The number of piperidine rings is 1. The van der Waals surface area contributed by atoms with Crippen LogP contribution in [0.1, 0.15) is 105 Å². The number of hydrogen-bond donors (Lipinski definition) is 6. The van der Waals surface area contributed by atoms with E-state index >= 15 is 0 Å². The van der Waals surface area contributed by atoms with Gasteiger partial charge in [-0.05, 0) is 175 Å². The van der Waals surface area contributed by atoms with Gasteiger partial charge in [0.05, 0.1) is 28.1 Å². The number of carbonyl (C=O) groups is 3. The zero-order chi connectivity index (χ0) is 61.2. The van der Waals surface area contributed by atoms with E-state index in [0.717, 1.165) is 124 Å². The maximum Gasteiger partial charge on any atom is 0.416 e. The minimum atomic E-state index is -5.39. The Labute approximate surface area is 491 Å². The molecule has 0 radical (unpaired) electrons. The van der Waals surface area contributed by atoms with E-state index in [-0.39, 0.29) is 39.7 Å². The normalized spacial score (nSPS) is 13.6. The summed E-state index contributed by atoms with van der Waals surface area (Å²) in [5, 5.41) is 38.6. The molecule has 446 valence electrons. The molecule has 1 fully saturated rings. The van der Waals surface area contributed by atoms with Crippen LogP contribution >= 0.6 is 0 Å². The van der Waals surface area contributed by atoms with Gasteiger partial charge in [-0.25, -0.2) is 18.0 Å². The minimum absolute atomic E-state index is 0.0243. The highest BCUT2D eigenvalue weighted by molar-refractivity contribution is 7.86. The molecule has 1 aliphatic carbocycles. The van der Waals surface area contributed by atoms with Gasteiger partial charge in [-0.1, -0.05) is 72.7 Å². The lowest BCUT2D eigenvalue weighted by Gasteiger charge is -2.32. The summed E-state index contributed by atoms with van der Waals surface area (Å²) in [6.07, 6.45) is 5.38. The number of carbonyl (C=O) groups excluding carboxylic acids is 1. The monoisotopic (exact) mass is 1210 g/mol. The van der Waals surface area contributed by atoms with Crippen molar-refractivity contribution in [2.45, 2.75) is 86.2 Å². The molecule has 1 amide bonds. The van der Waals surface area contributed by atoms with Gasteiger partial charge in [0.25, 0.3) is 16.0 Å². The van der Waals surface area contributed by atoms with Crippen molar-refractivity contribution >= 4 is 65.5 Å². The summed E-state index contributed by atoms with van der Waals surface area (Å²) in [6, 6.07) is 30.4. The zero-order valence-corrected chi connectivity index (χ0v) is 47.6. The van der Waals surface area contributed by atoms with Gasteiger partial charge in [-0.2, -0.15) is 21.6 Å². The van der Waals surface area contributed by atoms with Gasteiger partial charge in [0.1, 0.15) is 10.1 Å². The quantitative estimate of drug-likeness (QED) is 0.0169. The number of nitrogens with one attached hydrogen (secondary N) is 1. The fraction of sp³-hybridized carbons (Fsp3) is 0.258. The molecule has 3 aliphatic rings. The fourth-order valence-corrected chi connectivity index (χ4v) is 12.8. The Kier molecular flexibility index (Phi) is 17.3. The van der Waals surface area contributed by atoms with Gasteiger partial charge in [0, 0.05) is 47.4 Å². The second-order valence-corrected chi connectivity index (χ2v) is 24.0. The maximum absolute atomic E-state index is 13.3. The van der Waals surface area contributed by atoms with Gasteiger partial charge < -0.3 is 35.1 Å². The number of halogens is 3. The van der Waals surface area contributed by atoms with Crippen LogP contribution in [0.5, 0.6) is 0 Å². The Morgan fingerprint density at radius 1 is 0.721 bits per heavy atom. The van der Waals surface area contributed by atoms with Crippen molar-refractivity contribution < 1.29 is 73.5 Å². The van der Waals surface area contributed by atoms with Crippen LogP contribution in [-0.2, 0) is 39.4 Å². The number of nitrogen functional groups attached to an aromatic ring is 1. The number of nitrogens with zero attached hydrogens (tertiary/aromatic N) is 4. The lowest BCUT2D eigenvalue weighted by atomic mass is 9.87. The van der Waals surface area contributed by atoms with Crippen LogP contribution < -0.4 is 21.8 Å². The van der Waals surface area contributed by atoms with Crippen molar-refractivity contribution in [2.75, 3.05) is 31.9 Å². The lowest BCUT2D eigenvalue weighted by molar-refractivity contribution is -0.176. The van der Waals surface area contributed by atoms with Crippen molar-refractivity contribution in [1.82, 2.24) is 25.2 Å². The number of benzene rings is 7. The summed E-state index contributed by atoms with van der Waals surface area (Å²) in [4.78, 5) is 38.8. The average molecular weight is 1210 g/mol. The Balaban J connectivity index is 0.661. The molecule has 6 aromatic carbocycles. The van der Waals surface area contributed by atoms with Crippen LogP contribution in [0.2, 0.25) is 0 Å². The van der Waals surface area contributed by atoms with Crippen LogP contribution in [0, 0.1) is 0 Å². The summed E-state index contributed by atoms with van der Waals surface area (Å²) in [7, 11) is -10.6. The third-order valence-electron chi connectivity index (χ3n) is 15.7. The van der Waals surface area contributed by atoms with Crippen molar-refractivity contribution in [3.8, 4) is 44.7 Å². The van der Waals surface area contributed by atoms with E-state index < -0.39 is 87.6 Å². The predicted octanol–water partition coefficient (Wildman–Crippen LogP) is 9.28.